The molecule has 1 aromatic heterocycles. The molecule has 1 heterocycles. The summed E-state index contributed by atoms with van der Waals surface area (Å²) >= 11 is 13.1. The van der Waals surface area contributed by atoms with Gasteiger partial charge >= 0.3 is 0 Å². The first-order valence-corrected chi connectivity index (χ1v) is 10.0. The highest BCUT2D eigenvalue weighted by Gasteiger charge is 2.21. The average molecular weight is 425 g/mol. The van der Waals surface area contributed by atoms with E-state index in [-0.39, 0.29) is 12.4 Å². The van der Waals surface area contributed by atoms with Gasteiger partial charge in [0.05, 0.1) is 17.3 Å². The van der Waals surface area contributed by atoms with Crippen molar-refractivity contribution in [1.82, 2.24) is 9.78 Å². The molecule has 29 heavy (non-hydrogen) atoms. The summed E-state index contributed by atoms with van der Waals surface area (Å²) in [6, 6.07) is 20.7. The maximum Gasteiger partial charge on any atom is 0.129 e. The van der Waals surface area contributed by atoms with Crippen LogP contribution in [0.25, 0.3) is 22.5 Å². The minimum absolute atomic E-state index is 0.181. The van der Waals surface area contributed by atoms with Crippen molar-refractivity contribution < 1.29 is 4.39 Å². The summed E-state index contributed by atoms with van der Waals surface area (Å²) < 4.78 is 16.2. The standard InChI is InChI=1S/C24H19Cl2FN2/c1-15-6-10-17(11-7-15)23-22(26)24(18-12-8-16(2)9-13-18)29(28-23)14-19-20(25)4-3-5-21(19)27/h3-13H,14H2,1-2H3. The molecule has 146 valence electrons. The summed E-state index contributed by atoms with van der Waals surface area (Å²) in [7, 11) is 0. The van der Waals surface area contributed by atoms with Crippen LogP contribution < -0.4 is 0 Å². The SMILES string of the molecule is Cc1ccc(-c2nn(Cc3c(F)cccc3Cl)c(-c3ccc(C)cc3)c2Cl)cc1. The van der Waals surface area contributed by atoms with Gasteiger partial charge in [-0.05, 0) is 26.0 Å². The molecule has 4 aromatic rings. The number of halogens is 3. The van der Waals surface area contributed by atoms with Crippen LogP contribution >= 0.6 is 23.2 Å². The van der Waals surface area contributed by atoms with Crippen molar-refractivity contribution in [1.29, 1.82) is 0 Å². The van der Waals surface area contributed by atoms with Crippen LogP contribution in [0.4, 0.5) is 4.39 Å². The number of aryl methyl sites for hydroxylation is 2. The number of benzene rings is 3. The molecule has 0 saturated carbocycles. The van der Waals surface area contributed by atoms with Gasteiger partial charge in [0.15, 0.2) is 0 Å². The molecule has 0 saturated heterocycles. The van der Waals surface area contributed by atoms with Gasteiger partial charge in [0.25, 0.3) is 0 Å². The highest BCUT2D eigenvalue weighted by atomic mass is 35.5. The zero-order chi connectivity index (χ0) is 20.5. The van der Waals surface area contributed by atoms with Gasteiger partial charge in [0, 0.05) is 21.7 Å². The third-order valence-corrected chi connectivity index (χ3v) is 5.63. The quantitative estimate of drug-likeness (QED) is 0.335. The van der Waals surface area contributed by atoms with E-state index >= 15 is 0 Å². The molecule has 0 aliphatic rings. The van der Waals surface area contributed by atoms with Crippen LogP contribution in [-0.4, -0.2) is 9.78 Å². The molecule has 2 nitrogen and oxygen atoms in total. The summed E-state index contributed by atoms with van der Waals surface area (Å²) in [6.45, 7) is 4.24. The minimum Gasteiger partial charge on any atom is -0.258 e. The Morgan fingerprint density at radius 2 is 1.41 bits per heavy atom. The van der Waals surface area contributed by atoms with E-state index in [2.05, 4.69) is 0 Å². The molecule has 0 aliphatic heterocycles. The molecular formula is C24H19Cl2FN2. The van der Waals surface area contributed by atoms with Gasteiger partial charge in [0.1, 0.15) is 11.5 Å². The highest BCUT2D eigenvalue weighted by Crippen LogP contribution is 2.37. The van der Waals surface area contributed by atoms with E-state index < -0.39 is 0 Å². The molecule has 4 rings (SSSR count). The normalized spacial score (nSPS) is 11.1. The van der Waals surface area contributed by atoms with Crippen LogP contribution in [0.1, 0.15) is 16.7 Å². The molecular weight excluding hydrogens is 406 g/mol. The largest absolute Gasteiger partial charge is 0.258 e. The first-order chi connectivity index (χ1) is 13.9. The van der Waals surface area contributed by atoms with Crippen LogP contribution in [0, 0.1) is 19.7 Å². The second-order valence-corrected chi connectivity index (χ2v) is 7.89. The molecule has 0 spiro atoms. The van der Waals surface area contributed by atoms with Crippen molar-refractivity contribution in [3.63, 3.8) is 0 Å². The monoisotopic (exact) mass is 424 g/mol. The van der Waals surface area contributed by atoms with Gasteiger partial charge in [-0.25, -0.2) is 4.39 Å². The van der Waals surface area contributed by atoms with Gasteiger partial charge in [-0.2, -0.15) is 5.10 Å². The molecule has 0 amide bonds. The van der Waals surface area contributed by atoms with Gasteiger partial charge in [-0.15, -0.1) is 0 Å². The second-order valence-electron chi connectivity index (χ2n) is 7.10. The Bertz CT molecular complexity index is 1140. The summed E-state index contributed by atoms with van der Waals surface area (Å²) in [5.41, 5.74) is 5.91. The fraction of sp³-hybridized carbons (Fsp3) is 0.125. The van der Waals surface area contributed by atoms with Gasteiger partial charge in [0.2, 0.25) is 0 Å². The smallest absolute Gasteiger partial charge is 0.129 e. The first kappa shape index (κ1) is 19.7. The predicted molar refractivity (Wildman–Crippen MR) is 118 cm³/mol. The molecule has 0 radical (unpaired) electrons. The third kappa shape index (κ3) is 3.93. The number of hydrogen-bond acceptors (Lipinski definition) is 1. The zero-order valence-corrected chi connectivity index (χ0v) is 17.6. The zero-order valence-electron chi connectivity index (χ0n) is 16.1. The van der Waals surface area contributed by atoms with Gasteiger partial charge in [-0.1, -0.05) is 88.9 Å². The molecule has 0 N–H and O–H groups in total. The topological polar surface area (TPSA) is 17.8 Å². The van der Waals surface area contributed by atoms with Crippen LogP contribution in [0.15, 0.2) is 66.7 Å². The highest BCUT2D eigenvalue weighted by molar-refractivity contribution is 6.35. The van der Waals surface area contributed by atoms with Crippen molar-refractivity contribution >= 4 is 23.2 Å². The van der Waals surface area contributed by atoms with Crippen LogP contribution in [-0.2, 0) is 6.54 Å². The number of rotatable bonds is 4. The van der Waals surface area contributed by atoms with E-state index in [4.69, 9.17) is 28.3 Å². The molecule has 0 unspecified atom stereocenters. The third-order valence-electron chi connectivity index (χ3n) is 4.91. The first-order valence-electron chi connectivity index (χ1n) is 9.27. The van der Waals surface area contributed by atoms with E-state index in [9.17, 15) is 4.39 Å². The number of aromatic nitrogens is 2. The average Bonchev–Trinajstić information content (AvgIpc) is 3.02. The van der Waals surface area contributed by atoms with E-state index in [1.165, 1.54) is 6.07 Å². The van der Waals surface area contributed by atoms with Crippen LogP contribution in [0.3, 0.4) is 0 Å². The van der Waals surface area contributed by atoms with E-state index in [0.29, 0.717) is 21.3 Å². The van der Waals surface area contributed by atoms with Crippen molar-refractivity contribution in [3.8, 4) is 22.5 Å². The van der Waals surface area contributed by atoms with E-state index in [1.54, 1.807) is 16.8 Å². The fourth-order valence-electron chi connectivity index (χ4n) is 3.27. The van der Waals surface area contributed by atoms with Crippen LogP contribution in [0.5, 0.6) is 0 Å². The fourth-order valence-corrected chi connectivity index (χ4v) is 3.85. The minimum atomic E-state index is -0.365. The molecule has 0 aliphatic carbocycles. The summed E-state index contributed by atoms with van der Waals surface area (Å²) in [4.78, 5) is 0. The van der Waals surface area contributed by atoms with Crippen molar-refractivity contribution in [2.45, 2.75) is 20.4 Å². The van der Waals surface area contributed by atoms with E-state index in [1.807, 2.05) is 62.4 Å². The van der Waals surface area contributed by atoms with Crippen molar-refractivity contribution in [2.24, 2.45) is 0 Å². The summed E-state index contributed by atoms with van der Waals surface area (Å²) in [5, 5.41) is 5.64. The second kappa shape index (κ2) is 8.02. The van der Waals surface area contributed by atoms with Crippen molar-refractivity contribution in [3.05, 3.63) is 99.3 Å². The Kier molecular flexibility index (Phi) is 5.44. The van der Waals surface area contributed by atoms with Gasteiger partial charge < -0.3 is 0 Å². The maximum atomic E-state index is 14.4. The molecule has 5 heteroatoms. The summed E-state index contributed by atoms with van der Waals surface area (Å²) in [5.74, 6) is -0.365. The Labute approximate surface area is 179 Å². The Morgan fingerprint density at radius 1 is 0.828 bits per heavy atom. The molecule has 0 atom stereocenters. The maximum absolute atomic E-state index is 14.4. The lowest BCUT2D eigenvalue weighted by molar-refractivity contribution is 0.587. The number of nitrogens with zero attached hydrogens (tertiary/aromatic N) is 2. The van der Waals surface area contributed by atoms with Gasteiger partial charge in [-0.3, -0.25) is 4.68 Å². The lowest BCUT2D eigenvalue weighted by atomic mass is 10.1. The summed E-state index contributed by atoms with van der Waals surface area (Å²) in [6.07, 6.45) is 0. The van der Waals surface area contributed by atoms with Crippen LogP contribution in [0.2, 0.25) is 10.0 Å². The molecule has 0 fully saturated rings. The Morgan fingerprint density at radius 3 is 2.00 bits per heavy atom. The lowest BCUT2D eigenvalue weighted by Crippen LogP contribution is -2.06. The van der Waals surface area contributed by atoms with Crippen molar-refractivity contribution in [2.75, 3.05) is 0 Å². The molecule has 3 aromatic carbocycles. The molecule has 0 bridgehead atoms. The number of hydrogen-bond donors (Lipinski definition) is 0. The predicted octanol–water partition coefficient (Wildman–Crippen LogP) is 7.33. The lowest BCUT2D eigenvalue weighted by Gasteiger charge is -2.10. The Balaban J connectivity index is 1.89. The van der Waals surface area contributed by atoms with E-state index in [0.717, 1.165) is 27.9 Å². The Hall–Kier alpha value is -2.62.